The fourth-order valence-corrected chi connectivity index (χ4v) is 3.13. The number of benzene rings is 2. The molecule has 4 rings (SSSR count). The lowest BCUT2D eigenvalue weighted by molar-refractivity contribution is 0.0955. The molecule has 0 radical (unpaired) electrons. The topological polar surface area (TPSA) is 90.6 Å². The van der Waals surface area contributed by atoms with E-state index in [2.05, 4.69) is 15.5 Å². The highest BCUT2D eigenvalue weighted by Gasteiger charge is 2.14. The van der Waals surface area contributed by atoms with Gasteiger partial charge in [-0.3, -0.25) is 9.78 Å². The van der Waals surface area contributed by atoms with Gasteiger partial charge in [0.05, 0.1) is 26.1 Å². The summed E-state index contributed by atoms with van der Waals surface area (Å²) >= 11 is 0. The van der Waals surface area contributed by atoms with Crippen molar-refractivity contribution in [3.8, 4) is 28.4 Å². The number of amides is 1. The molecular formula is C24H21N5O3. The van der Waals surface area contributed by atoms with Crippen LogP contribution in [0, 0.1) is 0 Å². The maximum Gasteiger partial charge on any atom is 0.271 e. The third-order valence-corrected chi connectivity index (χ3v) is 4.73. The van der Waals surface area contributed by atoms with Crippen LogP contribution >= 0.6 is 0 Å². The van der Waals surface area contributed by atoms with Gasteiger partial charge in [0.25, 0.3) is 5.91 Å². The number of carbonyl (C=O) groups excluding carboxylic acids is 1. The Hall–Kier alpha value is -4.46. The van der Waals surface area contributed by atoms with Gasteiger partial charge in [-0.25, -0.2) is 10.1 Å². The summed E-state index contributed by atoms with van der Waals surface area (Å²) in [7, 11) is 3.17. The van der Waals surface area contributed by atoms with E-state index in [0.717, 1.165) is 16.8 Å². The zero-order valence-corrected chi connectivity index (χ0v) is 17.6. The van der Waals surface area contributed by atoms with E-state index in [4.69, 9.17) is 14.6 Å². The molecule has 0 aliphatic heterocycles. The number of methoxy groups -OCH3 is 2. The molecule has 0 unspecified atom stereocenters. The molecule has 2 aromatic heterocycles. The summed E-state index contributed by atoms with van der Waals surface area (Å²) in [5, 5.41) is 8.88. The molecule has 0 saturated heterocycles. The summed E-state index contributed by atoms with van der Waals surface area (Å²) in [6.45, 7) is 0. The van der Waals surface area contributed by atoms with Crippen molar-refractivity contribution in [3.63, 3.8) is 0 Å². The van der Waals surface area contributed by atoms with Crippen LogP contribution in [0.4, 0.5) is 0 Å². The average Bonchev–Trinajstić information content (AvgIpc) is 3.28. The van der Waals surface area contributed by atoms with Crippen LogP contribution in [0.3, 0.4) is 0 Å². The number of rotatable bonds is 7. The highest BCUT2D eigenvalue weighted by molar-refractivity contribution is 5.95. The summed E-state index contributed by atoms with van der Waals surface area (Å²) in [5.74, 6) is 0.887. The van der Waals surface area contributed by atoms with Gasteiger partial charge in [0.1, 0.15) is 5.69 Å². The summed E-state index contributed by atoms with van der Waals surface area (Å²) in [5.41, 5.74) is 6.12. The molecule has 4 aromatic rings. The quantitative estimate of drug-likeness (QED) is 0.359. The minimum Gasteiger partial charge on any atom is -0.493 e. The number of nitrogens with zero attached hydrogens (tertiary/aromatic N) is 4. The molecule has 0 saturated carbocycles. The number of ether oxygens (including phenoxy) is 2. The van der Waals surface area contributed by atoms with E-state index in [1.54, 1.807) is 49.6 Å². The van der Waals surface area contributed by atoms with E-state index in [-0.39, 0.29) is 5.91 Å². The van der Waals surface area contributed by atoms with Crippen molar-refractivity contribution in [3.05, 3.63) is 90.4 Å². The molecule has 1 amide bonds. The predicted octanol–water partition coefficient (Wildman–Crippen LogP) is 3.72. The van der Waals surface area contributed by atoms with Gasteiger partial charge in [-0.15, -0.1) is 0 Å². The minimum absolute atomic E-state index is 0.327. The predicted molar refractivity (Wildman–Crippen MR) is 121 cm³/mol. The normalized spacial score (nSPS) is 10.8. The number of nitrogens with one attached hydrogen (secondary N) is 1. The smallest absolute Gasteiger partial charge is 0.271 e. The van der Waals surface area contributed by atoms with Gasteiger partial charge < -0.3 is 9.47 Å². The Balaban J connectivity index is 1.69. The average molecular weight is 427 g/mol. The van der Waals surface area contributed by atoms with Crippen molar-refractivity contribution in [1.29, 1.82) is 0 Å². The second kappa shape index (κ2) is 9.57. The molecule has 1 N–H and O–H groups in total. The molecular weight excluding hydrogens is 406 g/mol. The first-order valence-corrected chi connectivity index (χ1v) is 9.80. The van der Waals surface area contributed by atoms with Crippen molar-refractivity contribution in [2.45, 2.75) is 0 Å². The molecule has 0 aliphatic rings. The van der Waals surface area contributed by atoms with Gasteiger partial charge >= 0.3 is 0 Å². The molecule has 0 aliphatic carbocycles. The van der Waals surface area contributed by atoms with E-state index < -0.39 is 0 Å². The first kappa shape index (κ1) is 20.8. The van der Waals surface area contributed by atoms with Crippen LogP contribution in [0.15, 0.2) is 84.4 Å². The Morgan fingerprint density at radius 2 is 1.75 bits per heavy atom. The number of hydrogen-bond acceptors (Lipinski definition) is 6. The zero-order valence-electron chi connectivity index (χ0n) is 17.6. The van der Waals surface area contributed by atoms with E-state index >= 15 is 0 Å². The van der Waals surface area contributed by atoms with Crippen molar-refractivity contribution in [2.24, 2.45) is 5.10 Å². The second-order valence-corrected chi connectivity index (χ2v) is 6.72. The van der Waals surface area contributed by atoms with E-state index in [9.17, 15) is 4.79 Å². The Labute approximate surface area is 185 Å². The van der Waals surface area contributed by atoms with Gasteiger partial charge in [0.15, 0.2) is 11.5 Å². The largest absolute Gasteiger partial charge is 0.493 e. The van der Waals surface area contributed by atoms with Crippen LogP contribution < -0.4 is 14.9 Å². The van der Waals surface area contributed by atoms with Gasteiger partial charge in [-0.05, 0) is 42.5 Å². The summed E-state index contributed by atoms with van der Waals surface area (Å²) in [6, 6.07) is 18.5. The number of carbonyl (C=O) groups is 1. The summed E-state index contributed by atoms with van der Waals surface area (Å²) in [6.07, 6.45) is 6.52. The van der Waals surface area contributed by atoms with E-state index in [1.165, 1.54) is 0 Å². The van der Waals surface area contributed by atoms with Crippen LogP contribution in [0.2, 0.25) is 0 Å². The molecule has 8 nitrogen and oxygen atoms in total. The molecule has 0 fully saturated rings. The van der Waals surface area contributed by atoms with Crippen LogP contribution in [0.1, 0.15) is 15.9 Å². The molecule has 160 valence electrons. The third kappa shape index (κ3) is 4.49. The standard InChI is InChI=1S/C24H21N5O3/c1-31-21-9-8-18(14-22(21)32-2)23-19(16-29(28-23)20-6-4-3-5-7-20)15-26-27-24(30)17-10-12-25-13-11-17/h3-16H,1-2H3,(H,27,30)/b26-15+. The van der Waals surface area contributed by atoms with Crippen LogP contribution in [-0.4, -0.2) is 41.1 Å². The monoisotopic (exact) mass is 427 g/mol. The van der Waals surface area contributed by atoms with Crippen LogP contribution in [0.5, 0.6) is 11.5 Å². The Morgan fingerprint density at radius 1 is 1.00 bits per heavy atom. The number of hydrazone groups is 1. The molecule has 0 atom stereocenters. The zero-order chi connectivity index (χ0) is 22.3. The molecule has 2 aromatic carbocycles. The van der Waals surface area contributed by atoms with Gasteiger partial charge in [0, 0.05) is 35.3 Å². The number of aromatic nitrogens is 3. The third-order valence-electron chi connectivity index (χ3n) is 4.73. The Kier molecular flexibility index (Phi) is 6.22. The lowest BCUT2D eigenvalue weighted by atomic mass is 10.1. The van der Waals surface area contributed by atoms with E-state index in [1.807, 2.05) is 54.7 Å². The fraction of sp³-hybridized carbons (Fsp3) is 0.0833. The van der Waals surface area contributed by atoms with Gasteiger partial charge in [-0.2, -0.15) is 10.2 Å². The lowest BCUT2D eigenvalue weighted by Crippen LogP contribution is -2.17. The van der Waals surface area contributed by atoms with Crippen molar-refractivity contribution < 1.29 is 14.3 Å². The molecule has 0 bridgehead atoms. The van der Waals surface area contributed by atoms with Crippen LogP contribution in [-0.2, 0) is 0 Å². The summed E-state index contributed by atoms with van der Waals surface area (Å²) in [4.78, 5) is 16.2. The molecule has 0 spiro atoms. The fourth-order valence-electron chi connectivity index (χ4n) is 3.13. The van der Waals surface area contributed by atoms with E-state index in [0.29, 0.717) is 22.8 Å². The molecule has 8 heteroatoms. The first-order chi connectivity index (χ1) is 15.7. The number of pyridine rings is 1. The second-order valence-electron chi connectivity index (χ2n) is 6.72. The number of hydrogen-bond donors (Lipinski definition) is 1. The lowest BCUT2D eigenvalue weighted by Gasteiger charge is -2.09. The van der Waals surface area contributed by atoms with Gasteiger partial charge in [-0.1, -0.05) is 18.2 Å². The first-order valence-electron chi connectivity index (χ1n) is 9.80. The number of para-hydroxylation sites is 1. The maximum atomic E-state index is 12.3. The van der Waals surface area contributed by atoms with Crippen molar-refractivity contribution in [1.82, 2.24) is 20.2 Å². The molecule has 2 heterocycles. The molecule has 32 heavy (non-hydrogen) atoms. The Morgan fingerprint density at radius 3 is 2.47 bits per heavy atom. The highest BCUT2D eigenvalue weighted by atomic mass is 16.5. The maximum absolute atomic E-state index is 12.3. The summed E-state index contributed by atoms with van der Waals surface area (Å²) < 4.78 is 12.5. The van der Waals surface area contributed by atoms with Crippen LogP contribution in [0.25, 0.3) is 16.9 Å². The van der Waals surface area contributed by atoms with Gasteiger partial charge in [0.2, 0.25) is 0 Å². The minimum atomic E-state index is -0.327. The van der Waals surface area contributed by atoms with Crippen molar-refractivity contribution in [2.75, 3.05) is 14.2 Å². The Bertz CT molecular complexity index is 1240. The van der Waals surface area contributed by atoms with Crippen molar-refractivity contribution >= 4 is 12.1 Å². The highest BCUT2D eigenvalue weighted by Crippen LogP contribution is 2.33. The SMILES string of the molecule is COc1ccc(-c2nn(-c3ccccc3)cc2/C=N/NC(=O)c2ccncc2)cc1OC.